The molecule has 0 aliphatic carbocycles. The number of carbonyl (C=O) groups excluding carboxylic acids is 1. The maximum Gasteiger partial charge on any atom is 0.305 e. The summed E-state index contributed by atoms with van der Waals surface area (Å²) in [5, 5.41) is 13.0. The van der Waals surface area contributed by atoms with Gasteiger partial charge in [-0.1, -0.05) is 48.0 Å². The number of aliphatic carboxylic acids is 1. The molecular weight excluding hydrogens is 464 g/mol. The Bertz CT molecular complexity index is 1400. The lowest BCUT2D eigenvalue weighted by Crippen LogP contribution is -2.39. The number of carboxylic acid groups (broad SMARTS) is 1. The quantitative estimate of drug-likeness (QED) is 0.315. The van der Waals surface area contributed by atoms with Crippen LogP contribution in [0.1, 0.15) is 22.3 Å². The fourth-order valence-corrected chi connectivity index (χ4v) is 4.51. The normalized spacial score (nSPS) is 12.9. The van der Waals surface area contributed by atoms with Gasteiger partial charge in [-0.3, -0.25) is 9.59 Å². The summed E-state index contributed by atoms with van der Waals surface area (Å²) in [6.07, 6.45) is 2.37. The molecule has 0 unspecified atom stereocenters. The van der Waals surface area contributed by atoms with Crippen LogP contribution in [0.15, 0.2) is 72.9 Å². The fraction of sp³-hybridized carbons (Fsp3) is 0.148. The Hall–Kier alpha value is -4.10. The second-order valence-corrected chi connectivity index (χ2v) is 8.76. The number of anilines is 2. The molecule has 2 heterocycles. The summed E-state index contributed by atoms with van der Waals surface area (Å²) in [5.74, 6) is -0.390. The van der Waals surface area contributed by atoms with Crippen molar-refractivity contribution in [3.8, 4) is 22.6 Å². The maximum atomic E-state index is 12.9. The van der Waals surface area contributed by atoms with Gasteiger partial charge in [0.2, 0.25) is 0 Å². The van der Waals surface area contributed by atoms with Gasteiger partial charge in [0.05, 0.1) is 23.3 Å². The number of nitrogens with zero attached hydrogens (tertiary/aromatic N) is 2. The Morgan fingerprint density at radius 1 is 1.09 bits per heavy atom. The molecule has 8 heteroatoms. The Morgan fingerprint density at radius 3 is 2.71 bits per heavy atom. The van der Waals surface area contributed by atoms with Crippen LogP contribution < -0.4 is 5.32 Å². The highest BCUT2D eigenvalue weighted by molar-refractivity contribution is 6.33. The molecule has 5 rings (SSSR count). The number of nitrogens with one attached hydrogen (secondary N) is 2. The van der Waals surface area contributed by atoms with Gasteiger partial charge in [-0.05, 0) is 47.9 Å². The molecule has 0 saturated carbocycles. The van der Waals surface area contributed by atoms with E-state index in [0.29, 0.717) is 29.4 Å². The third-order valence-electron chi connectivity index (χ3n) is 6.08. The average molecular weight is 487 g/mol. The minimum absolute atomic E-state index is 0.0642. The number of benzene rings is 3. The van der Waals surface area contributed by atoms with Gasteiger partial charge in [-0.15, -0.1) is 0 Å². The van der Waals surface area contributed by atoms with E-state index in [1.807, 2.05) is 60.7 Å². The van der Waals surface area contributed by atoms with E-state index < -0.39 is 5.97 Å². The number of hydrogen-bond donors (Lipinski definition) is 3. The number of fused-ring (bicyclic) bond motifs is 1. The first kappa shape index (κ1) is 22.7. The summed E-state index contributed by atoms with van der Waals surface area (Å²) < 4.78 is 0. The van der Waals surface area contributed by atoms with E-state index in [1.54, 1.807) is 17.2 Å². The number of aromatic amines is 1. The van der Waals surface area contributed by atoms with Gasteiger partial charge < -0.3 is 20.3 Å². The van der Waals surface area contributed by atoms with E-state index >= 15 is 0 Å². The number of carbonyl (C=O) groups is 2. The van der Waals surface area contributed by atoms with Crippen LogP contribution in [0.25, 0.3) is 22.6 Å². The van der Waals surface area contributed by atoms with E-state index in [1.165, 1.54) is 0 Å². The zero-order valence-electron chi connectivity index (χ0n) is 18.8. The molecule has 1 aliphatic rings. The lowest BCUT2D eigenvalue weighted by atomic mass is 9.96. The van der Waals surface area contributed by atoms with E-state index in [2.05, 4.69) is 15.3 Å². The van der Waals surface area contributed by atoms with Gasteiger partial charge in [-0.2, -0.15) is 0 Å². The number of aromatic nitrogens is 2. The summed E-state index contributed by atoms with van der Waals surface area (Å²) >= 11 is 6.51. The van der Waals surface area contributed by atoms with Crippen LogP contribution >= 0.6 is 11.6 Å². The van der Waals surface area contributed by atoms with Gasteiger partial charge in [0.25, 0.3) is 5.91 Å². The van der Waals surface area contributed by atoms with Crippen molar-refractivity contribution < 1.29 is 14.7 Å². The topological polar surface area (TPSA) is 98.3 Å². The first-order valence-corrected chi connectivity index (χ1v) is 11.7. The molecule has 0 fully saturated rings. The SMILES string of the molecule is O=C(O)CCN1CCc2c(Nc3ccc(Cl)c(-c4ncc(-c5ccccc5)[nH]4)c3)cccc2C1=O. The van der Waals surface area contributed by atoms with Crippen molar-refractivity contribution in [3.05, 3.63) is 89.1 Å². The van der Waals surface area contributed by atoms with Gasteiger partial charge in [0.15, 0.2) is 0 Å². The number of carboxylic acids is 1. The second-order valence-electron chi connectivity index (χ2n) is 8.35. The summed E-state index contributed by atoms with van der Waals surface area (Å²) in [5.41, 5.74) is 5.87. The lowest BCUT2D eigenvalue weighted by molar-refractivity contribution is -0.137. The van der Waals surface area contributed by atoms with Crippen molar-refractivity contribution in [1.82, 2.24) is 14.9 Å². The van der Waals surface area contributed by atoms with E-state index in [9.17, 15) is 9.59 Å². The van der Waals surface area contributed by atoms with Crippen LogP contribution in [0.5, 0.6) is 0 Å². The highest BCUT2D eigenvalue weighted by Crippen LogP contribution is 2.33. The van der Waals surface area contributed by atoms with Crippen molar-refractivity contribution in [3.63, 3.8) is 0 Å². The lowest BCUT2D eigenvalue weighted by Gasteiger charge is -2.29. The predicted octanol–water partition coefficient (Wildman–Crippen LogP) is 5.61. The number of rotatable bonds is 7. The highest BCUT2D eigenvalue weighted by atomic mass is 35.5. The minimum Gasteiger partial charge on any atom is -0.481 e. The van der Waals surface area contributed by atoms with Gasteiger partial charge in [0, 0.05) is 35.6 Å². The average Bonchev–Trinajstić information content (AvgIpc) is 3.36. The smallest absolute Gasteiger partial charge is 0.305 e. The molecular formula is C27H23ClN4O3. The van der Waals surface area contributed by atoms with Crippen molar-refractivity contribution in [2.24, 2.45) is 0 Å². The largest absolute Gasteiger partial charge is 0.481 e. The van der Waals surface area contributed by atoms with Crippen LogP contribution in [0.3, 0.4) is 0 Å². The van der Waals surface area contributed by atoms with Crippen molar-refractivity contribution in [1.29, 1.82) is 0 Å². The molecule has 1 aliphatic heterocycles. The van der Waals surface area contributed by atoms with Gasteiger partial charge in [-0.25, -0.2) is 4.98 Å². The molecule has 0 radical (unpaired) electrons. The molecule has 0 atom stereocenters. The summed E-state index contributed by atoms with van der Waals surface area (Å²) in [7, 11) is 0. The second kappa shape index (κ2) is 9.64. The standard InChI is InChI=1S/C27H23ClN4O3/c28-22-10-9-18(15-21(22)26-29-16-24(31-26)17-5-2-1-3-6-17)30-23-8-4-7-20-19(23)11-13-32(27(20)35)14-12-25(33)34/h1-10,15-16,30H,11-14H2,(H,29,31)(H,33,34). The first-order chi connectivity index (χ1) is 17.0. The number of amides is 1. The fourth-order valence-electron chi connectivity index (χ4n) is 4.30. The third kappa shape index (κ3) is 4.76. The number of halogens is 1. The zero-order valence-corrected chi connectivity index (χ0v) is 19.5. The van der Waals surface area contributed by atoms with Gasteiger partial charge >= 0.3 is 5.97 Å². The summed E-state index contributed by atoms with van der Waals surface area (Å²) in [6.45, 7) is 0.693. The number of imidazole rings is 1. The van der Waals surface area contributed by atoms with Crippen LogP contribution in [0.4, 0.5) is 11.4 Å². The molecule has 0 spiro atoms. The molecule has 0 saturated heterocycles. The molecule has 3 N–H and O–H groups in total. The molecule has 4 aromatic rings. The minimum atomic E-state index is -0.912. The molecule has 35 heavy (non-hydrogen) atoms. The number of H-pyrrole nitrogens is 1. The highest BCUT2D eigenvalue weighted by Gasteiger charge is 2.26. The summed E-state index contributed by atoms with van der Waals surface area (Å²) in [4.78, 5) is 33.3. The van der Waals surface area contributed by atoms with E-state index in [-0.39, 0.29) is 18.9 Å². The predicted molar refractivity (Wildman–Crippen MR) is 136 cm³/mol. The van der Waals surface area contributed by atoms with E-state index in [4.69, 9.17) is 16.7 Å². The van der Waals surface area contributed by atoms with Crippen LogP contribution in [-0.4, -0.2) is 44.9 Å². The van der Waals surface area contributed by atoms with Crippen molar-refractivity contribution >= 4 is 34.9 Å². The Labute approximate surface area is 207 Å². The zero-order chi connectivity index (χ0) is 24.4. The van der Waals surface area contributed by atoms with E-state index in [0.717, 1.165) is 33.8 Å². The third-order valence-corrected chi connectivity index (χ3v) is 6.41. The Morgan fingerprint density at radius 2 is 1.91 bits per heavy atom. The maximum absolute atomic E-state index is 12.9. The Kier molecular flexibility index (Phi) is 6.25. The molecule has 3 aromatic carbocycles. The molecule has 176 valence electrons. The first-order valence-electron chi connectivity index (χ1n) is 11.3. The Balaban J connectivity index is 1.40. The van der Waals surface area contributed by atoms with Crippen molar-refractivity contribution in [2.75, 3.05) is 18.4 Å². The summed E-state index contributed by atoms with van der Waals surface area (Å²) in [6, 6.07) is 21.1. The number of hydrogen-bond acceptors (Lipinski definition) is 4. The molecule has 7 nitrogen and oxygen atoms in total. The van der Waals surface area contributed by atoms with Crippen molar-refractivity contribution in [2.45, 2.75) is 12.8 Å². The molecule has 1 amide bonds. The van der Waals surface area contributed by atoms with Crippen LogP contribution in [0.2, 0.25) is 5.02 Å². The molecule has 1 aromatic heterocycles. The van der Waals surface area contributed by atoms with Crippen LogP contribution in [0, 0.1) is 0 Å². The molecule has 0 bridgehead atoms. The van der Waals surface area contributed by atoms with Crippen LogP contribution in [-0.2, 0) is 11.2 Å². The monoisotopic (exact) mass is 486 g/mol. The van der Waals surface area contributed by atoms with Gasteiger partial charge in [0.1, 0.15) is 5.82 Å².